The second kappa shape index (κ2) is 2.56. The molecule has 1 aromatic rings. The van der Waals surface area contributed by atoms with Gasteiger partial charge in [0.05, 0.1) is 0 Å². The van der Waals surface area contributed by atoms with Crippen molar-refractivity contribution < 1.29 is 0 Å². The summed E-state index contributed by atoms with van der Waals surface area (Å²) >= 11 is 0. The van der Waals surface area contributed by atoms with Crippen LogP contribution >= 0.6 is 0 Å². The molecule has 2 nitrogen and oxygen atoms in total. The second-order valence-electron chi connectivity index (χ2n) is 4.07. The summed E-state index contributed by atoms with van der Waals surface area (Å²) in [7, 11) is 0. The van der Waals surface area contributed by atoms with Gasteiger partial charge < -0.3 is 0 Å². The first-order valence-electron chi connectivity index (χ1n) is 4.98. The Labute approximate surface area is 78.3 Å². The Morgan fingerprint density at radius 3 is 3.08 bits per heavy atom. The van der Waals surface area contributed by atoms with Crippen LogP contribution < -0.4 is 5.84 Å². The minimum atomic E-state index is 0.514. The van der Waals surface area contributed by atoms with Crippen LogP contribution in [0.3, 0.4) is 0 Å². The smallest absolute Gasteiger partial charge is 0.0500 e. The quantitative estimate of drug-likeness (QED) is 0.607. The molecule has 2 N–H and O–H groups in total. The van der Waals surface area contributed by atoms with Crippen LogP contribution in [0.5, 0.6) is 0 Å². The molecule has 0 bridgehead atoms. The Bertz CT molecular complexity index is 346. The van der Waals surface area contributed by atoms with E-state index in [1.807, 2.05) is 5.01 Å². The standard InChI is InChI=1S/C11H14N2/c12-13-7-9-5-1-3-8-4-2-6-10(13)11(8)9/h1,3,5,10H,2,4,6-7,12H2. The second-order valence-corrected chi connectivity index (χ2v) is 4.07. The Hall–Kier alpha value is -0.860. The Kier molecular flexibility index (Phi) is 1.49. The number of aryl methyl sites for hydroxylation is 1. The minimum Gasteiger partial charge on any atom is -0.268 e. The molecule has 1 unspecified atom stereocenters. The number of hydrogen-bond donors (Lipinski definition) is 1. The number of benzene rings is 1. The first-order chi connectivity index (χ1) is 6.36. The summed E-state index contributed by atoms with van der Waals surface area (Å²) in [5, 5.41) is 1.99. The van der Waals surface area contributed by atoms with Crippen LogP contribution in [0.15, 0.2) is 18.2 Å². The molecule has 3 rings (SSSR count). The van der Waals surface area contributed by atoms with Gasteiger partial charge in [0.1, 0.15) is 0 Å². The molecule has 13 heavy (non-hydrogen) atoms. The average Bonchev–Trinajstić information content (AvgIpc) is 2.47. The summed E-state index contributed by atoms with van der Waals surface area (Å²) in [6.07, 6.45) is 3.77. The zero-order valence-corrected chi connectivity index (χ0v) is 7.66. The fourth-order valence-electron chi connectivity index (χ4n) is 2.72. The molecule has 68 valence electrons. The van der Waals surface area contributed by atoms with Crippen LogP contribution in [0.1, 0.15) is 35.6 Å². The van der Waals surface area contributed by atoms with Gasteiger partial charge in [0, 0.05) is 12.6 Å². The third-order valence-electron chi connectivity index (χ3n) is 3.30. The molecule has 1 aliphatic carbocycles. The van der Waals surface area contributed by atoms with Crippen molar-refractivity contribution in [3.05, 3.63) is 34.9 Å². The van der Waals surface area contributed by atoms with E-state index >= 15 is 0 Å². The molecule has 0 aromatic heterocycles. The van der Waals surface area contributed by atoms with Crippen molar-refractivity contribution in [2.45, 2.75) is 31.8 Å². The molecule has 1 atom stereocenters. The van der Waals surface area contributed by atoms with E-state index in [2.05, 4.69) is 18.2 Å². The number of hydrogen-bond acceptors (Lipinski definition) is 2. The van der Waals surface area contributed by atoms with Crippen molar-refractivity contribution in [2.75, 3.05) is 0 Å². The zero-order chi connectivity index (χ0) is 8.84. The van der Waals surface area contributed by atoms with E-state index in [9.17, 15) is 0 Å². The van der Waals surface area contributed by atoms with Gasteiger partial charge in [0.25, 0.3) is 0 Å². The van der Waals surface area contributed by atoms with Gasteiger partial charge in [0.15, 0.2) is 0 Å². The van der Waals surface area contributed by atoms with Gasteiger partial charge >= 0.3 is 0 Å². The van der Waals surface area contributed by atoms with Crippen molar-refractivity contribution in [3.8, 4) is 0 Å². The lowest BCUT2D eigenvalue weighted by molar-refractivity contribution is 0.202. The van der Waals surface area contributed by atoms with Gasteiger partial charge in [-0.3, -0.25) is 5.84 Å². The molecule has 0 fully saturated rings. The number of nitrogens with zero attached hydrogens (tertiary/aromatic N) is 1. The van der Waals surface area contributed by atoms with Gasteiger partial charge in [-0.15, -0.1) is 0 Å². The van der Waals surface area contributed by atoms with Gasteiger partial charge in [-0.1, -0.05) is 18.2 Å². The van der Waals surface area contributed by atoms with E-state index in [0.717, 1.165) is 6.54 Å². The molecule has 0 saturated carbocycles. The van der Waals surface area contributed by atoms with Crippen molar-refractivity contribution in [1.82, 2.24) is 5.01 Å². The maximum Gasteiger partial charge on any atom is 0.0500 e. The molecule has 2 heteroatoms. The number of rotatable bonds is 0. The van der Waals surface area contributed by atoms with E-state index in [1.165, 1.54) is 36.0 Å². The average molecular weight is 174 g/mol. The summed E-state index contributed by atoms with van der Waals surface area (Å²) in [5.74, 6) is 5.98. The summed E-state index contributed by atoms with van der Waals surface area (Å²) < 4.78 is 0. The van der Waals surface area contributed by atoms with Crippen LogP contribution in [0.4, 0.5) is 0 Å². The zero-order valence-electron chi connectivity index (χ0n) is 7.66. The molecule has 0 saturated heterocycles. The topological polar surface area (TPSA) is 29.3 Å². The highest BCUT2D eigenvalue weighted by molar-refractivity contribution is 5.42. The fraction of sp³-hybridized carbons (Fsp3) is 0.455. The lowest BCUT2D eigenvalue weighted by Gasteiger charge is -2.25. The maximum absolute atomic E-state index is 5.98. The highest BCUT2D eigenvalue weighted by atomic mass is 15.4. The van der Waals surface area contributed by atoms with Crippen LogP contribution in [-0.2, 0) is 13.0 Å². The predicted molar refractivity (Wildman–Crippen MR) is 51.9 cm³/mol. The van der Waals surface area contributed by atoms with E-state index in [4.69, 9.17) is 5.84 Å². The van der Waals surface area contributed by atoms with Crippen LogP contribution in [-0.4, -0.2) is 5.01 Å². The molecule has 1 aromatic carbocycles. The summed E-state index contributed by atoms with van der Waals surface area (Å²) in [4.78, 5) is 0. The first kappa shape index (κ1) is 7.54. The summed E-state index contributed by atoms with van der Waals surface area (Å²) in [6.45, 7) is 0.938. The molecule has 1 aliphatic heterocycles. The van der Waals surface area contributed by atoms with Crippen LogP contribution in [0.25, 0.3) is 0 Å². The van der Waals surface area contributed by atoms with E-state index in [1.54, 1.807) is 0 Å². The lowest BCUT2D eigenvalue weighted by Crippen LogP contribution is -2.30. The lowest BCUT2D eigenvalue weighted by atomic mass is 9.87. The maximum atomic E-state index is 5.98. The van der Waals surface area contributed by atoms with Gasteiger partial charge in [-0.05, 0) is 36.0 Å². The third kappa shape index (κ3) is 0.960. The number of hydrazine groups is 1. The van der Waals surface area contributed by atoms with Crippen molar-refractivity contribution in [2.24, 2.45) is 5.84 Å². The highest BCUT2D eigenvalue weighted by Crippen LogP contribution is 2.40. The minimum absolute atomic E-state index is 0.514. The molecule has 1 heterocycles. The first-order valence-corrected chi connectivity index (χ1v) is 4.98. The van der Waals surface area contributed by atoms with Gasteiger partial charge in [-0.25, -0.2) is 5.01 Å². The molecular formula is C11H14N2. The molecular weight excluding hydrogens is 160 g/mol. The number of nitrogens with two attached hydrogens (primary N) is 1. The van der Waals surface area contributed by atoms with Crippen LogP contribution in [0, 0.1) is 0 Å². The molecule has 0 amide bonds. The summed E-state index contributed by atoms with van der Waals surface area (Å²) in [5.41, 5.74) is 4.52. The fourth-order valence-corrected chi connectivity index (χ4v) is 2.72. The normalized spacial score (nSPS) is 26.1. The Balaban J connectivity index is 2.20. The predicted octanol–water partition coefficient (Wildman–Crippen LogP) is 1.75. The van der Waals surface area contributed by atoms with E-state index in [0.29, 0.717) is 6.04 Å². The van der Waals surface area contributed by atoms with E-state index in [-0.39, 0.29) is 0 Å². The Morgan fingerprint density at radius 2 is 2.15 bits per heavy atom. The van der Waals surface area contributed by atoms with E-state index < -0.39 is 0 Å². The SMILES string of the molecule is NN1Cc2cccc3c2C1CCC3. The monoisotopic (exact) mass is 174 g/mol. The third-order valence-corrected chi connectivity index (χ3v) is 3.30. The van der Waals surface area contributed by atoms with Crippen molar-refractivity contribution in [3.63, 3.8) is 0 Å². The van der Waals surface area contributed by atoms with Gasteiger partial charge in [-0.2, -0.15) is 0 Å². The van der Waals surface area contributed by atoms with Crippen molar-refractivity contribution >= 4 is 0 Å². The molecule has 0 spiro atoms. The van der Waals surface area contributed by atoms with Crippen LogP contribution in [0.2, 0.25) is 0 Å². The molecule has 2 aliphatic rings. The summed E-state index contributed by atoms with van der Waals surface area (Å²) in [6, 6.07) is 7.14. The van der Waals surface area contributed by atoms with Crippen molar-refractivity contribution in [1.29, 1.82) is 0 Å². The highest BCUT2D eigenvalue weighted by Gasteiger charge is 2.32. The Morgan fingerprint density at radius 1 is 1.31 bits per heavy atom. The molecule has 0 radical (unpaired) electrons. The van der Waals surface area contributed by atoms with Gasteiger partial charge in [0.2, 0.25) is 0 Å². The largest absolute Gasteiger partial charge is 0.268 e.